The molecule has 142 valence electrons. The van der Waals surface area contributed by atoms with Crippen LogP contribution in [0.3, 0.4) is 0 Å². The van der Waals surface area contributed by atoms with Gasteiger partial charge in [-0.05, 0) is 59.7 Å². The van der Waals surface area contributed by atoms with Gasteiger partial charge in [0.2, 0.25) is 0 Å². The second kappa shape index (κ2) is 11.9. The summed E-state index contributed by atoms with van der Waals surface area (Å²) < 4.78 is 0. The van der Waals surface area contributed by atoms with E-state index in [1.54, 1.807) is 0 Å². The minimum atomic E-state index is 0.426. The fourth-order valence-electron chi connectivity index (χ4n) is 2.60. The number of aryl methyl sites for hydroxylation is 1. The zero-order chi connectivity index (χ0) is 18.7. The van der Waals surface area contributed by atoms with Crippen LogP contribution in [-0.2, 0) is 0 Å². The van der Waals surface area contributed by atoms with E-state index in [0.29, 0.717) is 12.0 Å². The molecule has 0 aromatic heterocycles. The van der Waals surface area contributed by atoms with E-state index in [2.05, 4.69) is 81.5 Å². The van der Waals surface area contributed by atoms with Crippen LogP contribution in [-0.4, -0.2) is 50.1 Å². The maximum absolute atomic E-state index is 4.76. The summed E-state index contributed by atoms with van der Waals surface area (Å²) in [6, 6.07) is 9.34. The normalized spacial score (nSPS) is 13.4. The molecule has 0 aliphatic carbocycles. The predicted molar refractivity (Wildman–Crippen MR) is 111 cm³/mol. The van der Waals surface area contributed by atoms with Gasteiger partial charge in [-0.2, -0.15) is 0 Å². The molecule has 1 aromatic rings. The monoisotopic (exact) mass is 346 g/mol. The van der Waals surface area contributed by atoms with Crippen LogP contribution >= 0.6 is 0 Å². The molecule has 0 heterocycles. The van der Waals surface area contributed by atoms with Crippen LogP contribution in [0.4, 0.5) is 0 Å². The lowest BCUT2D eigenvalue weighted by Gasteiger charge is -2.20. The lowest BCUT2D eigenvalue weighted by atomic mass is 10.00. The van der Waals surface area contributed by atoms with Crippen LogP contribution in [0.1, 0.15) is 57.6 Å². The molecule has 0 aliphatic rings. The number of aliphatic imine (C=N–C) groups is 1. The van der Waals surface area contributed by atoms with Crippen LogP contribution in [0, 0.1) is 6.92 Å². The van der Waals surface area contributed by atoms with Gasteiger partial charge >= 0.3 is 0 Å². The molecule has 25 heavy (non-hydrogen) atoms. The highest BCUT2D eigenvalue weighted by molar-refractivity contribution is 5.79. The Morgan fingerprint density at radius 1 is 1.16 bits per heavy atom. The number of guanidine groups is 1. The average molecular weight is 347 g/mol. The van der Waals surface area contributed by atoms with Gasteiger partial charge in [-0.15, -0.1) is 0 Å². The molecule has 0 saturated carbocycles. The van der Waals surface area contributed by atoms with E-state index in [1.807, 2.05) is 0 Å². The molecule has 0 amide bonds. The van der Waals surface area contributed by atoms with Gasteiger partial charge in [0.25, 0.3) is 0 Å². The highest BCUT2D eigenvalue weighted by Crippen LogP contribution is 2.16. The van der Waals surface area contributed by atoms with Gasteiger partial charge < -0.3 is 15.5 Å². The van der Waals surface area contributed by atoms with Gasteiger partial charge in [-0.1, -0.05) is 36.8 Å². The summed E-state index contributed by atoms with van der Waals surface area (Å²) in [6.07, 6.45) is 2.37. The van der Waals surface area contributed by atoms with Crippen LogP contribution in [0.2, 0.25) is 0 Å². The molecule has 1 aromatic carbocycles. The maximum Gasteiger partial charge on any atom is 0.191 e. The van der Waals surface area contributed by atoms with Crippen molar-refractivity contribution in [1.29, 1.82) is 0 Å². The molecule has 0 saturated heterocycles. The maximum atomic E-state index is 4.76. The predicted octanol–water partition coefficient (Wildman–Crippen LogP) is 3.77. The van der Waals surface area contributed by atoms with Gasteiger partial charge in [-0.25, -0.2) is 0 Å². The Labute approximate surface area is 155 Å². The Balaban J connectivity index is 2.40. The highest BCUT2D eigenvalue weighted by atomic mass is 15.2. The van der Waals surface area contributed by atoms with Crippen molar-refractivity contribution < 1.29 is 0 Å². The van der Waals surface area contributed by atoms with Crippen molar-refractivity contribution in [2.75, 3.05) is 33.2 Å². The first kappa shape index (κ1) is 21.5. The SMILES string of the molecule is CCNC(=NCC(C)c1cccc(C)c1)NCCCCN(C)C(C)C. The van der Waals surface area contributed by atoms with Crippen molar-refractivity contribution in [2.45, 2.75) is 59.4 Å². The zero-order valence-electron chi connectivity index (χ0n) is 17.1. The number of nitrogens with one attached hydrogen (secondary N) is 2. The van der Waals surface area contributed by atoms with E-state index in [4.69, 9.17) is 4.99 Å². The van der Waals surface area contributed by atoms with Crippen LogP contribution in [0.15, 0.2) is 29.3 Å². The van der Waals surface area contributed by atoms with E-state index >= 15 is 0 Å². The molecular formula is C21H38N4. The summed E-state index contributed by atoms with van der Waals surface area (Å²) in [4.78, 5) is 7.16. The van der Waals surface area contributed by atoms with Crippen LogP contribution < -0.4 is 10.6 Å². The molecule has 0 spiro atoms. The quantitative estimate of drug-likeness (QED) is 0.385. The zero-order valence-corrected chi connectivity index (χ0v) is 17.1. The second-order valence-electron chi connectivity index (χ2n) is 7.24. The van der Waals surface area contributed by atoms with Crippen molar-refractivity contribution in [3.8, 4) is 0 Å². The van der Waals surface area contributed by atoms with Crippen molar-refractivity contribution in [3.05, 3.63) is 35.4 Å². The topological polar surface area (TPSA) is 39.7 Å². The third kappa shape index (κ3) is 8.92. The fraction of sp³-hybridized carbons (Fsp3) is 0.667. The molecule has 1 unspecified atom stereocenters. The molecule has 4 heteroatoms. The first-order chi connectivity index (χ1) is 11.9. The van der Waals surface area contributed by atoms with Gasteiger partial charge in [0.1, 0.15) is 0 Å². The molecule has 1 atom stereocenters. The summed E-state index contributed by atoms with van der Waals surface area (Å²) in [5, 5.41) is 6.81. The molecule has 0 radical (unpaired) electrons. The third-order valence-corrected chi connectivity index (χ3v) is 4.59. The second-order valence-corrected chi connectivity index (χ2v) is 7.24. The number of hydrogen-bond acceptors (Lipinski definition) is 2. The molecule has 0 aliphatic heterocycles. The van der Waals surface area contributed by atoms with E-state index in [0.717, 1.165) is 38.6 Å². The van der Waals surface area contributed by atoms with Gasteiger partial charge in [-0.3, -0.25) is 4.99 Å². The number of benzene rings is 1. The number of unbranched alkanes of at least 4 members (excludes halogenated alkanes) is 1. The third-order valence-electron chi connectivity index (χ3n) is 4.59. The van der Waals surface area contributed by atoms with E-state index in [9.17, 15) is 0 Å². The minimum Gasteiger partial charge on any atom is -0.357 e. The molecule has 4 nitrogen and oxygen atoms in total. The largest absolute Gasteiger partial charge is 0.357 e. The Morgan fingerprint density at radius 2 is 1.92 bits per heavy atom. The molecule has 1 rings (SSSR count). The van der Waals surface area contributed by atoms with Crippen LogP contribution in [0.25, 0.3) is 0 Å². The molecule has 0 bridgehead atoms. The molecule has 2 N–H and O–H groups in total. The molecular weight excluding hydrogens is 308 g/mol. The lowest BCUT2D eigenvalue weighted by Crippen LogP contribution is -2.38. The average Bonchev–Trinajstić information content (AvgIpc) is 2.58. The first-order valence-electron chi connectivity index (χ1n) is 9.73. The van der Waals surface area contributed by atoms with E-state index in [1.165, 1.54) is 17.5 Å². The van der Waals surface area contributed by atoms with Gasteiger partial charge in [0.15, 0.2) is 5.96 Å². The first-order valence-corrected chi connectivity index (χ1v) is 9.73. The lowest BCUT2D eigenvalue weighted by molar-refractivity contribution is 0.268. The van der Waals surface area contributed by atoms with Crippen LogP contribution in [0.5, 0.6) is 0 Å². The highest BCUT2D eigenvalue weighted by Gasteiger charge is 2.06. The number of hydrogen-bond donors (Lipinski definition) is 2. The van der Waals surface area contributed by atoms with E-state index < -0.39 is 0 Å². The van der Waals surface area contributed by atoms with Crippen molar-refractivity contribution in [1.82, 2.24) is 15.5 Å². The van der Waals surface area contributed by atoms with Crippen molar-refractivity contribution >= 4 is 5.96 Å². The standard InChI is InChI=1S/C21H38N4/c1-7-22-21(23-13-8-9-14-25(6)17(2)3)24-16-19(5)20-12-10-11-18(4)15-20/h10-12,15,17,19H,7-9,13-14,16H2,1-6H3,(H2,22,23,24). The Hall–Kier alpha value is -1.55. The summed E-state index contributed by atoms with van der Waals surface area (Å²) in [6.45, 7) is 14.8. The number of rotatable bonds is 10. The molecule has 0 fully saturated rings. The smallest absolute Gasteiger partial charge is 0.191 e. The minimum absolute atomic E-state index is 0.426. The van der Waals surface area contributed by atoms with Crippen molar-refractivity contribution in [3.63, 3.8) is 0 Å². The van der Waals surface area contributed by atoms with Crippen molar-refractivity contribution in [2.24, 2.45) is 4.99 Å². The summed E-state index contributed by atoms with van der Waals surface area (Å²) in [7, 11) is 2.19. The Morgan fingerprint density at radius 3 is 2.56 bits per heavy atom. The van der Waals surface area contributed by atoms with E-state index in [-0.39, 0.29) is 0 Å². The summed E-state index contributed by atoms with van der Waals surface area (Å²) in [5.74, 6) is 1.36. The Bertz CT molecular complexity index is 510. The summed E-state index contributed by atoms with van der Waals surface area (Å²) in [5.41, 5.74) is 2.67. The van der Waals surface area contributed by atoms with Gasteiger partial charge in [0, 0.05) is 31.6 Å². The number of nitrogens with zero attached hydrogens (tertiary/aromatic N) is 2. The summed E-state index contributed by atoms with van der Waals surface area (Å²) >= 11 is 0. The Kier molecular flexibility index (Phi) is 10.2. The van der Waals surface area contributed by atoms with Gasteiger partial charge in [0.05, 0.1) is 0 Å². The fourth-order valence-corrected chi connectivity index (χ4v) is 2.60.